The summed E-state index contributed by atoms with van der Waals surface area (Å²) >= 11 is 0. The van der Waals surface area contributed by atoms with Crippen LogP contribution in [0.3, 0.4) is 0 Å². The molecule has 1 aliphatic heterocycles. The van der Waals surface area contributed by atoms with Gasteiger partial charge in [-0.2, -0.15) is 0 Å². The Morgan fingerprint density at radius 1 is 0.974 bits per heavy atom. The third-order valence-electron chi connectivity index (χ3n) is 6.04. The molecule has 9 nitrogen and oxygen atoms in total. The summed E-state index contributed by atoms with van der Waals surface area (Å²) in [6, 6.07) is 2.93. The third kappa shape index (κ3) is 4.67. The van der Waals surface area contributed by atoms with E-state index in [4.69, 9.17) is 23.4 Å². The van der Waals surface area contributed by atoms with Crippen LogP contribution in [0, 0.1) is 0 Å². The molecule has 0 N–H and O–H groups in total. The number of ether oxygens (including phenoxy) is 4. The molecule has 0 bridgehead atoms. The SMILES string of the molecule is C=CC(C)(C)c1c(OC(C)=O)cc2oc3c(OC(C)=O)c4c(cc3c(=O)c2c1OC(C)=O)C=CC(C)(C)O4. The topological polar surface area (TPSA) is 118 Å². The van der Waals surface area contributed by atoms with Gasteiger partial charge in [0.1, 0.15) is 22.3 Å². The summed E-state index contributed by atoms with van der Waals surface area (Å²) in [5.41, 5.74) is -1.52. The molecule has 38 heavy (non-hydrogen) atoms. The maximum atomic E-state index is 14.1. The van der Waals surface area contributed by atoms with E-state index in [2.05, 4.69) is 6.58 Å². The minimum atomic E-state index is -0.897. The third-order valence-corrected chi connectivity index (χ3v) is 6.04. The Kier molecular flexibility index (Phi) is 6.43. The van der Waals surface area contributed by atoms with Crippen molar-refractivity contribution >= 4 is 45.9 Å². The highest BCUT2D eigenvalue weighted by Crippen LogP contribution is 2.48. The number of hydrogen-bond acceptors (Lipinski definition) is 9. The van der Waals surface area contributed by atoms with Crippen LogP contribution >= 0.6 is 0 Å². The van der Waals surface area contributed by atoms with Crippen molar-refractivity contribution in [1.29, 1.82) is 0 Å². The van der Waals surface area contributed by atoms with Crippen LogP contribution < -0.4 is 24.4 Å². The highest BCUT2D eigenvalue weighted by atomic mass is 16.6. The van der Waals surface area contributed by atoms with Crippen molar-refractivity contribution < 1.29 is 37.7 Å². The summed E-state index contributed by atoms with van der Waals surface area (Å²) < 4.78 is 28.8. The summed E-state index contributed by atoms with van der Waals surface area (Å²) in [6.45, 7) is 14.7. The van der Waals surface area contributed by atoms with Crippen molar-refractivity contribution in [2.24, 2.45) is 0 Å². The second kappa shape index (κ2) is 9.16. The van der Waals surface area contributed by atoms with Crippen molar-refractivity contribution in [3.8, 4) is 23.0 Å². The van der Waals surface area contributed by atoms with Crippen LogP contribution in [0.2, 0.25) is 0 Å². The van der Waals surface area contributed by atoms with Crippen LogP contribution in [-0.4, -0.2) is 23.5 Å². The van der Waals surface area contributed by atoms with E-state index in [0.29, 0.717) is 5.56 Å². The molecular weight excluding hydrogens is 492 g/mol. The van der Waals surface area contributed by atoms with Crippen LogP contribution in [-0.2, 0) is 19.8 Å². The van der Waals surface area contributed by atoms with Gasteiger partial charge in [0.2, 0.25) is 11.2 Å². The molecule has 0 spiro atoms. The minimum Gasteiger partial charge on any atom is -0.479 e. The fourth-order valence-electron chi connectivity index (χ4n) is 4.31. The van der Waals surface area contributed by atoms with Gasteiger partial charge in [0, 0.05) is 43.4 Å². The van der Waals surface area contributed by atoms with E-state index in [-0.39, 0.29) is 50.5 Å². The van der Waals surface area contributed by atoms with Gasteiger partial charge in [-0.1, -0.05) is 26.0 Å². The first-order chi connectivity index (χ1) is 17.6. The van der Waals surface area contributed by atoms with Gasteiger partial charge in [-0.05, 0) is 26.0 Å². The van der Waals surface area contributed by atoms with Gasteiger partial charge in [0.05, 0.1) is 5.39 Å². The minimum absolute atomic E-state index is 0.0148. The highest BCUT2D eigenvalue weighted by Gasteiger charge is 2.34. The smallest absolute Gasteiger partial charge is 0.308 e. The molecule has 0 saturated heterocycles. The maximum absolute atomic E-state index is 14.1. The molecule has 2 heterocycles. The quantitative estimate of drug-likeness (QED) is 0.189. The van der Waals surface area contributed by atoms with Crippen molar-refractivity contribution in [2.45, 2.75) is 59.5 Å². The van der Waals surface area contributed by atoms with Crippen LogP contribution in [0.5, 0.6) is 23.0 Å². The van der Waals surface area contributed by atoms with Gasteiger partial charge in [0.25, 0.3) is 0 Å². The Morgan fingerprint density at radius 2 is 1.58 bits per heavy atom. The molecule has 0 unspecified atom stereocenters. The first-order valence-corrected chi connectivity index (χ1v) is 11.9. The second-order valence-electron chi connectivity index (χ2n) is 10.1. The maximum Gasteiger partial charge on any atom is 0.308 e. The number of hydrogen-bond donors (Lipinski definition) is 0. The lowest BCUT2D eigenvalue weighted by Gasteiger charge is -2.29. The monoisotopic (exact) mass is 520 g/mol. The molecule has 1 aliphatic rings. The zero-order chi connectivity index (χ0) is 28.2. The van der Waals surface area contributed by atoms with E-state index in [1.54, 1.807) is 32.1 Å². The molecule has 1 aromatic heterocycles. The van der Waals surface area contributed by atoms with E-state index in [1.165, 1.54) is 26.8 Å². The van der Waals surface area contributed by atoms with Gasteiger partial charge in [-0.15, -0.1) is 6.58 Å². The average Bonchev–Trinajstić information content (AvgIpc) is 2.78. The zero-order valence-corrected chi connectivity index (χ0v) is 22.3. The van der Waals surface area contributed by atoms with E-state index in [9.17, 15) is 19.2 Å². The Bertz CT molecular complexity index is 1630. The Hall–Kier alpha value is -4.40. The van der Waals surface area contributed by atoms with E-state index in [1.807, 2.05) is 19.9 Å². The molecule has 2 aromatic carbocycles. The van der Waals surface area contributed by atoms with Gasteiger partial charge >= 0.3 is 17.9 Å². The van der Waals surface area contributed by atoms with Gasteiger partial charge < -0.3 is 23.4 Å². The molecule has 0 fully saturated rings. The molecule has 0 atom stereocenters. The molecule has 3 aromatic rings. The molecule has 9 heteroatoms. The lowest BCUT2D eigenvalue weighted by Crippen LogP contribution is -2.28. The lowest BCUT2D eigenvalue weighted by molar-refractivity contribution is -0.133. The van der Waals surface area contributed by atoms with Crippen molar-refractivity contribution in [1.82, 2.24) is 0 Å². The predicted octanol–water partition coefficient (Wildman–Crippen LogP) is 5.37. The van der Waals surface area contributed by atoms with Gasteiger partial charge in [-0.3, -0.25) is 19.2 Å². The molecule has 0 amide bonds. The van der Waals surface area contributed by atoms with Gasteiger partial charge in [-0.25, -0.2) is 0 Å². The highest BCUT2D eigenvalue weighted by molar-refractivity contribution is 6.01. The van der Waals surface area contributed by atoms with E-state index in [0.717, 1.165) is 0 Å². The molecule has 0 radical (unpaired) electrons. The first-order valence-electron chi connectivity index (χ1n) is 11.9. The summed E-state index contributed by atoms with van der Waals surface area (Å²) in [6.07, 6.45) is 5.15. The molecule has 0 saturated carbocycles. The summed E-state index contributed by atoms with van der Waals surface area (Å²) in [5.74, 6) is -1.93. The van der Waals surface area contributed by atoms with Crippen LogP contribution in [0.1, 0.15) is 59.6 Å². The number of fused-ring (bicyclic) bond motifs is 3. The number of allylic oxidation sites excluding steroid dienone is 1. The number of rotatable bonds is 5. The van der Waals surface area contributed by atoms with E-state index < -0.39 is 34.4 Å². The number of carbonyl (C=O) groups is 3. The molecule has 0 aliphatic carbocycles. The number of benzene rings is 2. The Labute approximate surface area is 218 Å². The zero-order valence-electron chi connectivity index (χ0n) is 22.3. The van der Waals surface area contributed by atoms with Crippen molar-refractivity contribution in [3.05, 3.63) is 52.2 Å². The molecule has 4 rings (SSSR count). The second-order valence-corrected chi connectivity index (χ2v) is 10.1. The molecule has 198 valence electrons. The number of carbonyl (C=O) groups excluding carboxylic acids is 3. The van der Waals surface area contributed by atoms with Crippen LogP contribution in [0.15, 0.2) is 40.1 Å². The van der Waals surface area contributed by atoms with Crippen molar-refractivity contribution in [2.75, 3.05) is 0 Å². The fourth-order valence-corrected chi connectivity index (χ4v) is 4.31. The van der Waals surface area contributed by atoms with Crippen LogP contribution in [0.25, 0.3) is 28.0 Å². The normalized spacial score (nSPS) is 14.0. The standard InChI is InChI=1S/C29H28O9/c1-9-28(5,6)22-20(34-14(2)30)13-19-21(26(22)35-15(3)31)23(33)18-12-17-10-11-29(7,8)38-24(17)27(25(18)37-19)36-16(4)32/h9-13H,1H2,2-8H3. The van der Waals surface area contributed by atoms with Crippen molar-refractivity contribution in [3.63, 3.8) is 0 Å². The number of esters is 3. The summed E-state index contributed by atoms with van der Waals surface area (Å²) in [5, 5.41) is 0.0137. The predicted molar refractivity (Wildman–Crippen MR) is 141 cm³/mol. The van der Waals surface area contributed by atoms with Gasteiger partial charge in [0.15, 0.2) is 17.1 Å². The average molecular weight is 521 g/mol. The van der Waals surface area contributed by atoms with E-state index >= 15 is 0 Å². The first kappa shape index (κ1) is 26.7. The fraction of sp³-hybridized carbons (Fsp3) is 0.310. The summed E-state index contributed by atoms with van der Waals surface area (Å²) in [7, 11) is 0. The Balaban J connectivity index is 2.24. The Morgan fingerprint density at radius 3 is 2.16 bits per heavy atom. The molecular formula is C29H28O9. The summed E-state index contributed by atoms with van der Waals surface area (Å²) in [4.78, 5) is 50.3. The largest absolute Gasteiger partial charge is 0.479 e. The van der Waals surface area contributed by atoms with Crippen LogP contribution in [0.4, 0.5) is 0 Å². The lowest BCUT2D eigenvalue weighted by atomic mass is 9.82.